The molecule has 1 heterocycles. The van der Waals surface area contributed by atoms with E-state index in [4.69, 9.17) is 4.74 Å². The number of rotatable bonds is 8. The van der Waals surface area contributed by atoms with Gasteiger partial charge in [-0.2, -0.15) is 0 Å². The smallest absolute Gasteiger partial charge is 0.353 e. The molecule has 1 aromatic heterocycles. The number of benzene rings is 2. The largest absolute Gasteiger partial charge is 0.383 e. The first kappa shape index (κ1) is 19.5. The van der Waals surface area contributed by atoms with Crippen molar-refractivity contribution in [3.63, 3.8) is 0 Å². The SMILES string of the molecule is CCN(c1ncnc(NC(C)COC)c1[N+](=O)[O-])c1cccc2ccccc12. The van der Waals surface area contributed by atoms with Crippen LogP contribution in [0.3, 0.4) is 0 Å². The van der Waals surface area contributed by atoms with Crippen molar-refractivity contribution in [1.82, 2.24) is 9.97 Å². The van der Waals surface area contributed by atoms with Crippen LogP contribution in [0, 0.1) is 10.1 Å². The Kier molecular flexibility index (Phi) is 6.00. The summed E-state index contributed by atoms with van der Waals surface area (Å²) in [4.78, 5) is 21.7. The molecule has 1 N–H and O–H groups in total. The minimum absolute atomic E-state index is 0.140. The van der Waals surface area contributed by atoms with Crippen LogP contribution in [0.4, 0.5) is 23.0 Å². The van der Waals surface area contributed by atoms with Crippen molar-refractivity contribution in [3.8, 4) is 0 Å². The molecule has 0 aliphatic heterocycles. The third kappa shape index (κ3) is 3.86. The van der Waals surface area contributed by atoms with Crippen molar-refractivity contribution in [2.24, 2.45) is 0 Å². The molecule has 0 aliphatic carbocycles. The summed E-state index contributed by atoms with van der Waals surface area (Å²) in [7, 11) is 1.58. The molecular weight excluding hydrogens is 358 g/mol. The van der Waals surface area contributed by atoms with Crippen LogP contribution in [-0.2, 0) is 4.74 Å². The Morgan fingerprint density at radius 2 is 1.96 bits per heavy atom. The molecule has 0 saturated carbocycles. The third-order valence-electron chi connectivity index (χ3n) is 4.41. The normalized spacial score (nSPS) is 12.0. The number of nitrogens with one attached hydrogen (secondary N) is 1. The quantitative estimate of drug-likeness (QED) is 0.463. The van der Waals surface area contributed by atoms with E-state index < -0.39 is 4.92 Å². The number of ether oxygens (including phenoxy) is 1. The van der Waals surface area contributed by atoms with E-state index in [1.165, 1.54) is 6.33 Å². The maximum atomic E-state index is 11.9. The van der Waals surface area contributed by atoms with Crippen molar-refractivity contribution >= 4 is 33.8 Å². The predicted octanol–water partition coefficient (Wildman–Crippen LogP) is 4.14. The second kappa shape index (κ2) is 8.62. The number of methoxy groups -OCH3 is 1. The Hall–Kier alpha value is -3.26. The number of fused-ring (bicyclic) bond motifs is 1. The van der Waals surface area contributed by atoms with E-state index in [1.54, 1.807) is 7.11 Å². The van der Waals surface area contributed by atoms with Crippen LogP contribution in [-0.4, -0.2) is 41.2 Å². The molecule has 0 aliphatic rings. The number of hydrogen-bond acceptors (Lipinski definition) is 7. The highest BCUT2D eigenvalue weighted by Gasteiger charge is 2.28. The molecule has 0 radical (unpaired) electrons. The second-order valence-corrected chi connectivity index (χ2v) is 6.39. The average molecular weight is 381 g/mol. The van der Waals surface area contributed by atoms with Gasteiger partial charge >= 0.3 is 5.69 Å². The molecule has 28 heavy (non-hydrogen) atoms. The molecule has 0 bridgehead atoms. The Labute approximate surface area is 163 Å². The van der Waals surface area contributed by atoms with Crippen LogP contribution >= 0.6 is 0 Å². The highest BCUT2D eigenvalue weighted by atomic mass is 16.6. The summed E-state index contributed by atoms with van der Waals surface area (Å²) in [5.41, 5.74) is 0.707. The van der Waals surface area contributed by atoms with Crippen LogP contribution in [0.2, 0.25) is 0 Å². The summed E-state index contributed by atoms with van der Waals surface area (Å²) >= 11 is 0. The lowest BCUT2D eigenvalue weighted by Gasteiger charge is -2.24. The van der Waals surface area contributed by atoms with E-state index in [9.17, 15) is 10.1 Å². The minimum atomic E-state index is -0.440. The fourth-order valence-electron chi connectivity index (χ4n) is 3.24. The molecule has 0 fully saturated rings. The van der Waals surface area contributed by atoms with E-state index in [0.29, 0.717) is 13.2 Å². The van der Waals surface area contributed by atoms with E-state index >= 15 is 0 Å². The zero-order chi connectivity index (χ0) is 20.1. The van der Waals surface area contributed by atoms with Crippen molar-refractivity contribution in [1.29, 1.82) is 0 Å². The van der Waals surface area contributed by atoms with E-state index in [-0.39, 0.29) is 23.4 Å². The van der Waals surface area contributed by atoms with Crippen LogP contribution in [0.15, 0.2) is 48.8 Å². The Bertz CT molecular complexity index is 974. The van der Waals surface area contributed by atoms with Crippen LogP contribution in [0.5, 0.6) is 0 Å². The molecule has 1 unspecified atom stereocenters. The van der Waals surface area contributed by atoms with Crippen molar-refractivity contribution in [3.05, 3.63) is 58.9 Å². The van der Waals surface area contributed by atoms with Gasteiger partial charge < -0.3 is 15.0 Å². The van der Waals surface area contributed by atoms with Crippen molar-refractivity contribution < 1.29 is 9.66 Å². The average Bonchev–Trinajstić information content (AvgIpc) is 2.69. The van der Waals surface area contributed by atoms with Gasteiger partial charge in [0.15, 0.2) is 0 Å². The topological polar surface area (TPSA) is 93.4 Å². The molecule has 0 saturated heterocycles. The molecule has 0 spiro atoms. The number of hydrogen-bond donors (Lipinski definition) is 1. The predicted molar refractivity (Wildman–Crippen MR) is 110 cm³/mol. The van der Waals surface area contributed by atoms with Gasteiger partial charge in [0.05, 0.1) is 17.2 Å². The van der Waals surface area contributed by atoms with Gasteiger partial charge in [-0.05, 0) is 25.3 Å². The summed E-state index contributed by atoms with van der Waals surface area (Å²) < 4.78 is 5.11. The summed E-state index contributed by atoms with van der Waals surface area (Å²) in [6, 6.07) is 13.7. The fraction of sp³-hybridized carbons (Fsp3) is 0.300. The van der Waals surface area contributed by atoms with Crippen LogP contribution < -0.4 is 10.2 Å². The zero-order valence-corrected chi connectivity index (χ0v) is 16.1. The molecule has 3 aromatic rings. The second-order valence-electron chi connectivity index (χ2n) is 6.39. The van der Waals surface area contributed by atoms with Gasteiger partial charge in [-0.3, -0.25) is 10.1 Å². The highest BCUT2D eigenvalue weighted by molar-refractivity contribution is 5.96. The Balaban J connectivity index is 2.13. The molecule has 1 atom stereocenters. The van der Waals surface area contributed by atoms with Crippen molar-refractivity contribution in [2.45, 2.75) is 19.9 Å². The first-order valence-corrected chi connectivity index (χ1v) is 9.07. The third-order valence-corrected chi connectivity index (χ3v) is 4.41. The van der Waals surface area contributed by atoms with Gasteiger partial charge in [0.1, 0.15) is 6.33 Å². The Morgan fingerprint density at radius 3 is 2.68 bits per heavy atom. The number of anilines is 3. The number of aromatic nitrogens is 2. The lowest BCUT2D eigenvalue weighted by atomic mass is 10.1. The lowest BCUT2D eigenvalue weighted by molar-refractivity contribution is -0.383. The minimum Gasteiger partial charge on any atom is -0.383 e. The molecular formula is C20H23N5O3. The number of nitrogens with zero attached hydrogens (tertiary/aromatic N) is 4. The summed E-state index contributed by atoms with van der Waals surface area (Å²) in [6.45, 7) is 4.72. The van der Waals surface area contributed by atoms with Gasteiger partial charge in [-0.15, -0.1) is 0 Å². The van der Waals surface area contributed by atoms with Crippen LogP contribution in [0.25, 0.3) is 10.8 Å². The fourth-order valence-corrected chi connectivity index (χ4v) is 3.24. The molecule has 8 nitrogen and oxygen atoms in total. The van der Waals surface area contributed by atoms with Crippen molar-refractivity contribution in [2.75, 3.05) is 30.5 Å². The molecule has 146 valence electrons. The van der Waals surface area contributed by atoms with E-state index in [2.05, 4.69) is 15.3 Å². The Morgan fingerprint density at radius 1 is 1.21 bits per heavy atom. The molecule has 2 aromatic carbocycles. The van der Waals surface area contributed by atoms with Crippen LogP contribution in [0.1, 0.15) is 13.8 Å². The van der Waals surface area contributed by atoms with Gasteiger partial charge in [0, 0.05) is 25.1 Å². The first-order valence-electron chi connectivity index (χ1n) is 9.07. The molecule has 3 rings (SSSR count). The first-order chi connectivity index (χ1) is 13.6. The lowest BCUT2D eigenvalue weighted by Crippen LogP contribution is -2.24. The highest BCUT2D eigenvalue weighted by Crippen LogP contribution is 2.38. The molecule has 0 amide bonds. The molecule has 8 heteroatoms. The maximum Gasteiger partial charge on any atom is 0.353 e. The number of nitro groups is 1. The summed E-state index contributed by atoms with van der Waals surface area (Å²) in [5, 5.41) is 17.0. The zero-order valence-electron chi connectivity index (χ0n) is 16.1. The summed E-state index contributed by atoms with van der Waals surface area (Å²) in [6.07, 6.45) is 1.35. The van der Waals surface area contributed by atoms with Gasteiger partial charge in [-0.1, -0.05) is 36.4 Å². The van der Waals surface area contributed by atoms with E-state index in [0.717, 1.165) is 16.5 Å². The standard InChI is InChI=1S/C20H23N5O3/c1-4-24(17-11-7-9-15-8-5-6-10-16(15)17)20-18(25(26)27)19(21-13-22-20)23-14(2)12-28-3/h5-11,13-14H,4,12H2,1-3H3,(H,21,22,23). The summed E-state index contributed by atoms with van der Waals surface area (Å²) in [5.74, 6) is 0.434. The van der Waals surface area contributed by atoms with Gasteiger partial charge in [-0.25, -0.2) is 9.97 Å². The van der Waals surface area contributed by atoms with E-state index in [1.807, 2.05) is 61.2 Å². The van der Waals surface area contributed by atoms with Gasteiger partial charge in [0.25, 0.3) is 0 Å². The maximum absolute atomic E-state index is 11.9. The monoisotopic (exact) mass is 381 g/mol. The van der Waals surface area contributed by atoms with Gasteiger partial charge in [0.2, 0.25) is 11.6 Å².